The first kappa shape index (κ1) is 127. The van der Waals surface area contributed by atoms with Gasteiger partial charge in [0.05, 0.1) is 70.8 Å². The molecule has 0 saturated heterocycles. The summed E-state index contributed by atoms with van der Waals surface area (Å²) < 4.78 is 14.5. The lowest BCUT2D eigenvalue weighted by atomic mass is 10.0. The van der Waals surface area contributed by atoms with Crippen LogP contribution in [0.3, 0.4) is 0 Å². The van der Waals surface area contributed by atoms with E-state index >= 15 is 0 Å². The summed E-state index contributed by atoms with van der Waals surface area (Å²) in [5.41, 5.74) is 8.84. The molecule has 21 nitrogen and oxygen atoms in total. The number of aromatic nitrogens is 21. The van der Waals surface area contributed by atoms with E-state index in [0.29, 0.717) is 0 Å². The molecule has 0 aliphatic heterocycles. The fourth-order valence-corrected chi connectivity index (χ4v) is 16.1. The van der Waals surface area contributed by atoms with E-state index in [9.17, 15) is 0 Å². The van der Waals surface area contributed by atoms with Gasteiger partial charge in [0.1, 0.15) is 0 Å². The van der Waals surface area contributed by atoms with Gasteiger partial charge in [0, 0.05) is 58.2 Å². The Labute approximate surface area is 833 Å². The van der Waals surface area contributed by atoms with Crippen molar-refractivity contribution < 1.29 is 0 Å². The first-order valence-electron chi connectivity index (χ1n) is 56.8. The van der Waals surface area contributed by atoms with Crippen molar-refractivity contribution in [2.45, 2.75) is 567 Å². The molecule has 0 fully saturated rings. The van der Waals surface area contributed by atoms with Crippen LogP contribution in [0.25, 0.3) is 0 Å². The molecule has 782 valence electrons. The molecule has 135 heavy (non-hydrogen) atoms. The molecule has 21 heteroatoms. The van der Waals surface area contributed by atoms with Gasteiger partial charge in [0.25, 0.3) is 0 Å². The van der Waals surface area contributed by atoms with E-state index in [1.54, 1.807) is 0 Å². The van der Waals surface area contributed by atoms with Crippen molar-refractivity contribution in [2.24, 2.45) is 82.9 Å². The Kier molecular flexibility index (Phi) is 78.8. The average molecular weight is 1890 g/mol. The zero-order chi connectivity index (χ0) is 100. The number of hydrogen-bond acceptors (Lipinski definition) is 14. The van der Waals surface area contributed by atoms with Gasteiger partial charge in [-0.15, -0.1) is 35.7 Å². The lowest BCUT2D eigenvalue weighted by molar-refractivity contribution is 0.474. The van der Waals surface area contributed by atoms with Gasteiger partial charge in [0.15, 0.2) is 0 Å². The van der Waals surface area contributed by atoms with Crippen molar-refractivity contribution in [2.75, 3.05) is 0 Å². The van der Waals surface area contributed by atoms with Crippen molar-refractivity contribution in [3.63, 3.8) is 0 Å². The molecule has 7 aromatic heterocycles. The zero-order valence-electron chi connectivity index (χ0n) is 94.0. The Hall–Kier alpha value is -6.02. The standard InChI is InChI=1S/2C17H33N3.5C16H31N3/c2*1-15(2)10-8-6-5-7-9-13-20-17(14-18-19-20)12-11-16(3)4;1-14(2)9-6-5-7-12-19-16(13-17-18-19)11-8-10-15(3)4;2*1-14(2)9-7-5-6-8-12-19-16(13-17-18-19)11-10-15(3)4;2*1-14(2)9-7-5-6-8-10-16-13-19(18-17-16)12-11-15(3)4/h2*14-16H,5-13H2,1-4H3;5*13-15H,5-12H2,1-4H3. The second kappa shape index (κ2) is 83.7. The molecule has 7 heterocycles. The van der Waals surface area contributed by atoms with Gasteiger partial charge in [-0.2, -0.15) is 0 Å². The van der Waals surface area contributed by atoms with Gasteiger partial charge in [-0.05, 0) is 218 Å². The van der Waals surface area contributed by atoms with Crippen LogP contribution < -0.4 is 0 Å². The summed E-state index contributed by atoms with van der Waals surface area (Å²) in [7, 11) is 0. The fourth-order valence-electron chi connectivity index (χ4n) is 16.1. The molecule has 0 amide bonds. The molecular formula is C114H221N21. The molecule has 0 aliphatic rings. The average Bonchev–Trinajstić information content (AvgIpc) is 1.78. The molecule has 0 spiro atoms. The zero-order valence-corrected chi connectivity index (χ0v) is 94.0. The smallest absolute Gasteiger partial charge is 0.0827 e. The summed E-state index contributed by atoms with van der Waals surface area (Å²) in [5, 5.41) is 58.2. The molecular weight excluding hydrogens is 1660 g/mol. The van der Waals surface area contributed by atoms with E-state index in [1.807, 2.05) is 40.3 Å². The Balaban J connectivity index is 0.000000788. The fraction of sp³-hybridized carbons (Fsp3) is 0.877. The molecule has 0 radical (unpaired) electrons. The normalized spacial score (nSPS) is 11.7. The predicted octanol–water partition coefficient (Wildman–Crippen LogP) is 32.1. The number of hydrogen-bond donors (Lipinski definition) is 0. The lowest BCUT2D eigenvalue weighted by Crippen LogP contribution is -2.06. The first-order valence-corrected chi connectivity index (χ1v) is 56.8. The highest BCUT2D eigenvalue weighted by atomic mass is 15.5. The molecule has 0 aromatic carbocycles. The van der Waals surface area contributed by atoms with Gasteiger partial charge in [-0.25, -0.2) is 23.4 Å². The van der Waals surface area contributed by atoms with E-state index in [0.717, 1.165) is 185 Å². The Morgan fingerprint density at radius 2 is 0.341 bits per heavy atom. The van der Waals surface area contributed by atoms with Crippen molar-refractivity contribution >= 4 is 0 Å². The summed E-state index contributed by atoms with van der Waals surface area (Å²) in [6.07, 6.45) is 79.4. The highest BCUT2D eigenvalue weighted by molar-refractivity contribution is 4.99. The predicted molar refractivity (Wildman–Crippen MR) is 577 cm³/mol. The summed E-state index contributed by atoms with van der Waals surface area (Å²) in [6, 6.07) is 0. The number of unbranched alkanes of at least 4 members (excludes halogenated alkanes) is 22. The number of rotatable bonds is 72. The third kappa shape index (κ3) is 77.4. The lowest BCUT2D eigenvalue weighted by Gasteiger charge is -2.08. The highest BCUT2D eigenvalue weighted by Crippen LogP contribution is 2.22. The van der Waals surface area contributed by atoms with E-state index in [4.69, 9.17) is 0 Å². The van der Waals surface area contributed by atoms with Crippen LogP contribution in [0.1, 0.15) is 516 Å². The third-order valence-corrected chi connectivity index (χ3v) is 25.3. The molecule has 0 bridgehead atoms. The molecule has 0 saturated carbocycles. The van der Waals surface area contributed by atoms with E-state index < -0.39 is 0 Å². The minimum Gasteiger partial charge on any atom is -0.252 e. The van der Waals surface area contributed by atoms with Crippen LogP contribution in [-0.2, 0) is 90.8 Å². The van der Waals surface area contributed by atoms with Crippen LogP contribution in [0.4, 0.5) is 0 Å². The van der Waals surface area contributed by atoms with Crippen LogP contribution in [0.15, 0.2) is 43.4 Å². The van der Waals surface area contributed by atoms with Crippen molar-refractivity contribution in [3.8, 4) is 0 Å². The SMILES string of the molecule is CC(C)CCCCCCCn1nncc1CCC(C)C.CC(C)CCCCCCCn1nncc1CCC(C)C.CC(C)CCCCCCc1cn(CCC(C)C)nn1.CC(C)CCCCCCc1cn(CCC(C)C)nn1.CC(C)CCCCCCn1nncc1CCC(C)C.CC(C)CCCCCCn1nncc1CCC(C)C.CC(C)CCCCCn1nncc1CCCC(C)C. The monoisotopic (exact) mass is 1880 g/mol. The minimum absolute atomic E-state index is 0.730. The van der Waals surface area contributed by atoms with Crippen LogP contribution >= 0.6 is 0 Å². The van der Waals surface area contributed by atoms with Gasteiger partial charge in [-0.3, -0.25) is 9.36 Å². The maximum atomic E-state index is 4.25. The Morgan fingerprint density at radius 1 is 0.163 bits per heavy atom. The summed E-state index contributed by atoms with van der Waals surface area (Å²) in [5.74, 6) is 11.2. The highest BCUT2D eigenvalue weighted by Gasteiger charge is 2.14. The van der Waals surface area contributed by atoms with Gasteiger partial charge >= 0.3 is 0 Å². The van der Waals surface area contributed by atoms with Crippen LogP contribution in [0.2, 0.25) is 0 Å². The summed E-state index contributed by atoms with van der Waals surface area (Å²) in [4.78, 5) is 0. The van der Waals surface area contributed by atoms with Gasteiger partial charge in [-0.1, -0.05) is 423 Å². The van der Waals surface area contributed by atoms with Gasteiger partial charge in [0.2, 0.25) is 0 Å². The van der Waals surface area contributed by atoms with Crippen LogP contribution in [0, 0.1) is 82.9 Å². The summed E-state index contributed by atoms with van der Waals surface area (Å²) >= 11 is 0. The topological polar surface area (TPSA) is 215 Å². The second-order valence-corrected chi connectivity index (χ2v) is 46.1. The largest absolute Gasteiger partial charge is 0.252 e. The van der Waals surface area contributed by atoms with Crippen molar-refractivity contribution in [1.29, 1.82) is 0 Å². The van der Waals surface area contributed by atoms with E-state index in [1.165, 1.54) is 311 Å². The summed E-state index contributed by atoms with van der Waals surface area (Å²) in [6.45, 7) is 71.1. The molecule has 0 atom stereocenters. The second-order valence-electron chi connectivity index (χ2n) is 46.1. The molecule has 0 aliphatic carbocycles. The molecule has 7 aromatic rings. The molecule has 0 unspecified atom stereocenters. The minimum atomic E-state index is 0.730. The van der Waals surface area contributed by atoms with Crippen molar-refractivity contribution in [1.82, 2.24) is 105 Å². The maximum absolute atomic E-state index is 4.25. The molecule has 0 N–H and O–H groups in total. The van der Waals surface area contributed by atoms with Crippen molar-refractivity contribution in [3.05, 3.63) is 83.2 Å². The quantitative estimate of drug-likeness (QED) is 0.0324. The van der Waals surface area contributed by atoms with Crippen LogP contribution in [0.5, 0.6) is 0 Å². The number of nitrogens with zero attached hydrogens (tertiary/aromatic N) is 21. The maximum Gasteiger partial charge on any atom is 0.0827 e. The van der Waals surface area contributed by atoms with E-state index in [-0.39, 0.29) is 0 Å². The van der Waals surface area contributed by atoms with Gasteiger partial charge < -0.3 is 0 Å². The number of aryl methyl sites for hydroxylation is 14. The first-order chi connectivity index (χ1) is 64.6. The van der Waals surface area contributed by atoms with Crippen LogP contribution in [-0.4, -0.2) is 105 Å². The van der Waals surface area contributed by atoms with E-state index in [2.05, 4.69) is 302 Å². The Bertz CT molecular complexity index is 3440. The third-order valence-electron chi connectivity index (χ3n) is 25.3. The molecule has 7 rings (SSSR count). The Morgan fingerprint density at radius 3 is 0.556 bits per heavy atom.